The van der Waals surface area contributed by atoms with Gasteiger partial charge in [-0.15, -0.1) is 0 Å². The van der Waals surface area contributed by atoms with Crippen molar-refractivity contribution >= 4 is 29.4 Å². The first kappa shape index (κ1) is 20.2. The third-order valence-corrected chi connectivity index (χ3v) is 3.55. The van der Waals surface area contributed by atoms with Gasteiger partial charge in [0, 0.05) is 5.56 Å². The summed E-state index contributed by atoms with van der Waals surface area (Å²) in [6.45, 7) is 0.798. The van der Waals surface area contributed by atoms with Crippen molar-refractivity contribution in [3.63, 3.8) is 0 Å². The maximum Gasteiger partial charge on any atom is 0.344 e. The first-order valence-electron chi connectivity index (χ1n) is 7.79. The molecule has 2 aromatic rings. The topological polar surface area (TPSA) is 93.7 Å². The zero-order chi connectivity index (χ0) is 19.8. The molecule has 0 spiro atoms. The number of hydrogen-bond acceptors (Lipinski definition) is 5. The van der Waals surface area contributed by atoms with Gasteiger partial charge in [0.1, 0.15) is 11.6 Å². The summed E-state index contributed by atoms with van der Waals surface area (Å²) in [7, 11) is 0. The summed E-state index contributed by atoms with van der Waals surface area (Å²) < 4.78 is 22.9. The van der Waals surface area contributed by atoms with Gasteiger partial charge in [-0.25, -0.2) is 9.18 Å². The highest BCUT2D eigenvalue weighted by Crippen LogP contribution is 2.24. The molecule has 0 bridgehead atoms. The van der Waals surface area contributed by atoms with E-state index in [4.69, 9.17) is 21.1 Å². The van der Waals surface area contributed by atoms with Gasteiger partial charge in [-0.05, 0) is 37.3 Å². The summed E-state index contributed by atoms with van der Waals surface area (Å²) in [6, 6.07) is 11.7. The molecule has 0 heterocycles. The van der Waals surface area contributed by atoms with Crippen LogP contribution in [-0.4, -0.2) is 30.5 Å². The number of amides is 2. The van der Waals surface area contributed by atoms with Gasteiger partial charge in [0.15, 0.2) is 12.7 Å². The van der Waals surface area contributed by atoms with Gasteiger partial charge in [0.2, 0.25) is 0 Å². The van der Waals surface area contributed by atoms with E-state index >= 15 is 0 Å². The molecule has 7 nitrogen and oxygen atoms in total. The average Bonchev–Trinajstić information content (AvgIpc) is 2.65. The van der Waals surface area contributed by atoms with Crippen LogP contribution in [0.15, 0.2) is 48.5 Å². The van der Waals surface area contributed by atoms with Crippen molar-refractivity contribution in [3.05, 3.63) is 64.9 Å². The van der Waals surface area contributed by atoms with Crippen molar-refractivity contribution in [2.75, 3.05) is 6.61 Å². The summed E-state index contributed by atoms with van der Waals surface area (Å²) in [5.41, 5.74) is 4.72. The molecule has 2 amide bonds. The Kier molecular flexibility index (Phi) is 7.13. The normalized spacial score (nSPS) is 11.2. The van der Waals surface area contributed by atoms with Crippen LogP contribution in [0.4, 0.5) is 4.39 Å². The lowest BCUT2D eigenvalue weighted by atomic mass is 10.2. The number of hydrogen-bond donors (Lipinski definition) is 2. The first-order valence-corrected chi connectivity index (χ1v) is 8.17. The molecule has 0 aliphatic carbocycles. The average molecular weight is 395 g/mol. The van der Waals surface area contributed by atoms with Crippen LogP contribution in [0.25, 0.3) is 0 Å². The van der Waals surface area contributed by atoms with Crippen LogP contribution in [0.1, 0.15) is 17.3 Å². The molecular weight excluding hydrogens is 379 g/mol. The summed E-state index contributed by atoms with van der Waals surface area (Å²) in [5.74, 6) is -2.53. The van der Waals surface area contributed by atoms with Gasteiger partial charge in [0.05, 0.1) is 5.02 Å². The molecule has 0 saturated carbocycles. The maximum atomic E-state index is 12.9. The Labute approximate surface area is 159 Å². The van der Waals surface area contributed by atoms with Crippen LogP contribution in [0, 0.1) is 5.82 Å². The second-order valence-corrected chi connectivity index (χ2v) is 5.71. The quantitative estimate of drug-likeness (QED) is 0.579. The van der Waals surface area contributed by atoms with E-state index in [9.17, 15) is 18.8 Å². The van der Waals surface area contributed by atoms with E-state index in [1.54, 1.807) is 30.3 Å². The largest absolute Gasteiger partial charge is 0.480 e. The van der Waals surface area contributed by atoms with E-state index in [-0.39, 0.29) is 10.8 Å². The van der Waals surface area contributed by atoms with Crippen molar-refractivity contribution in [2.45, 2.75) is 13.0 Å². The number of benzene rings is 2. The summed E-state index contributed by atoms with van der Waals surface area (Å²) >= 11 is 5.77. The Bertz CT molecular complexity index is 832. The maximum absolute atomic E-state index is 12.9. The lowest BCUT2D eigenvalue weighted by Crippen LogP contribution is -2.47. The van der Waals surface area contributed by atoms with E-state index in [1.807, 2.05) is 0 Å². The highest BCUT2D eigenvalue weighted by molar-refractivity contribution is 6.32. The zero-order valence-electron chi connectivity index (χ0n) is 14.2. The Balaban J connectivity index is 1.76. The second kappa shape index (κ2) is 9.54. The van der Waals surface area contributed by atoms with E-state index in [2.05, 4.69) is 10.9 Å². The van der Waals surface area contributed by atoms with Gasteiger partial charge in [-0.3, -0.25) is 20.4 Å². The van der Waals surface area contributed by atoms with Gasteiger partial charge < -0.3 is 9.47 Å². The van der Waals surface area contributed by atoms with Crippen LogP contribution in [0.3, 0.4) is 0 Å². The molecular formula is C18H16ClFN2O5. The van der Waals surface area contributed by atoms with Crippen LogP contribution in [0.2, 0.25) is 5.02 Å². The molecule has 1 atom stereocenters. The zero-order valence-corrected chi connectivity index (χ0v) is 15.0. The lowest BCUT2D eigenvalue weighted by Gasteiger charge is -2.14. The third kappa shape index (κ3) is 6.27. The Morgan fingerprint density at radius 2 is 1.81 bits per heavy atom. The SMILES string of the molecule is C[C@@H](OC(=O)COc1ccc(F)cc1Cl)C(=O)NNC(=O)c1ccccc1. The number of hydrazine groups is 1. The van der Waals surface area contributed by atoms with E-state index < -0.39 is 36.3 Å². The number of esters is 1. The molecule has 2 rings (SSSR count). The van der Waals surface area contributed by atoms with Crippen LogP contribution in [0.5, 0.6) is 5.75 Å². The molecule has 27 heavy (non-hydrogen) atoms. The van der Waals surface area contributed by atoms with Gasteiger partial charge in [-0.1, -0.05) is 29.8 Å². The number of rotatable bonds is 6. The molecule has 0 fully saturated rings. The number of carbonyl (C=O) groups is 3. The molecule has 0 aliphatic rings. The molecule has 0 unspecified atom stereocenters. The van der Waals surface area contributed by atoms with Gasteiger partial charge in [-0.2, -0.15) is 0 Å². The molecule has 9 heteroatoms. The van der Waals surface area contributed by atoms with E-state index in [0.717, 1.165) is 12.1 Å². The first-order chi connectivity index (χ1) is 12.9. The fraction of sp³-hybridized carbons (Fsp3) is 0.167. The van der Waals surface area contributed by atoms with Crippen molar-refractivity contribution in [3.8, 4) is 5.75 Å². The number of nitrogens with one attached hydrogen (secondary N) is 2. The molecule has 142 valence electrons. The number of halogens is 2. The van der Waals surface area contributed by atoms with Crippen molar-refractivity contribution in [1.29, 1.82) is 0 Å². The van der Waals surface area contributed by atoms with Gasteiger partial charge in [0.25, 0.3) is 11.8 Å². The summed E-state index contributed by atoms with van der Waals surface area (Å²) in [5, 5.41) is -0.00258. The minimum Gasteiger partial charge on any atom is -0.480 e. The lowest BCUT2D eigenvalue weighted by molar-refractivity contribution is -0.156. The molecule has 0 radical (unpaired) electrons. The van der Waals surface area contributed by atoms with Crippen LogP contribution in [-0.2, 0) is 14.3 Å². The van der Waals surface area contributed by atoms with Gasteiger partial charge >= 0.3 is 5.97 Å². The Morgan fingerprint density at radius 3 is 2.48 bits per heavy atom. The Hall–Kier alpha value is -3.13. The molecule has 0 aromatic heterocycles. The molecule has 2 aromatic carbocycles. The Morgan fingerprint density at radius 1 is 1.11 bits per heavy atom. The predicted octanol–water partition coefficient (Wildman–Crippen LogP) is 2.25. The summed E-state index contributed by atoms with van der Waals surface area (Å²) in [4.78, 5) is 35.4. The fourth-order valence-electron chi connectivity index (χ4n) is 1.90. The number of ether oxygens (including phenoxy) is 2. The minimum atomic E-state index is -1.18. The van der Waals surface area contributed by atoms with Crippen LogP contribution < -0.4 is 15.6 Å². The monoisotopic (exact) mass is 394 g/mol. The fourth-order valence-corrected chi connectivity index (χ4v) is 2.12. The minimum absolute atomic E-state index is 0.00258. The highest BCUT2D eigenvalue weighted by Gasteiger charge is 2.19. The molecule has 0 aliphatic heterocycles. The summed E-state index contributed by atoms with van der Waals surface area (Å²) in [6.07, 6.45) is -1.18. The standard InChI is InChI=1S/C18H16ClFN2O5/c1-11(17(24)21-22-18(25)12-5-3-2-4-6-12)27-16(23)10-26-15-8-7-13(20)9-14(15)19/h2-9,11H,10H2,1H3,(H,21,24)(H,22,25)/t11-/m1/s1. The molecule has 0 saturated heterocycles. The van der Waals surface area contributed by atoms with Crippen LogP contribution >= 0.6 is 11.6 Å². The second-order valence-electron chi connectivity index (χ2n) is 5.30. The highest BCUT2D eigenvalue weighted by atomic mass is 35.5. The van der Waals surface area contributed by atoms with Crippen molar-refractivity contribution in [2.24, 2.45) is 0 Å². The molecule has 2 N–H and O–H groups in total. The van der Waals surface area contributed by atoms with Crippen molar-refractivity contribution in [1.82, 2.24) is 10.9 Å². The van der Waals surface area contributed by atoms with E-state index in [1.165, 1.54) is 13.0 Å². The van der Waals surface area contributed by atoms with Crippen molar-refractivity contribution < 1.29 is 28.2 Å². The predicted molar refractivity (Wildman–Crippen MR) is 94.5 cm³/mol. The number of carbonyl (C=O) groups excluding carboxylic acids is 3. The smallest absolute Gasteiger partial charge is 0.344 e. The third-order valence-electron chi connectivity index (χ3n) is 3.25. The van der Waals surface area contributed by atoms with E-state index in [0.29, 0.717) is 5.56 Å².